The van der Waals surface area contributed by atoms with Crippen molar-refractivity contribution in [3.63, 3.8) is 0 Å². The Morgan fingerprint density at radius 1 is 1.06 bits per heavy atom. The van der Waals surface area contributed by atoms with E-state index < -0.39 is 34.1 Å². The second-order valence-corrected chi connectivity index (χ2v) is 11.9. The van der Waals surface area contributed by atoms with E-state index in [0.717, 1.165) is 21.7 Å². The van der Waals surface area contributed by atoms with Gasteiger partial charge in [0.25, 0.3) is 0 Å². The van der Waals surface area contributed by atoms with Crippen molar-refractivity contribution in [1.29, 1.82) is 0 Å². The van der Waals surface area contributed by atoms with Crippen LogP contribution in [0.2, 0.25) is 0 Å². The third-order valence-electron chi connectivity index (χ3n) is 5.68. The number of carbonyl (C=O) groups excluding carboxylic acids is 2. The fraction of sp³-hybridized carbons (Fsp3) is 0.462. The molecule has 0 aliphatic carbocycles. The molecule has 0 radical (unpaired) electrons. The van der Waals surface area contributed by atoms with Crippen molar-refractivity contribution in [2.45, 2.75) is 59.2 Å². The number of aryl methyl sites for hydroxylation is 1. The van der Waals surface area contributed by atoms with Crippen LogP contribution in [0.4, 0.5) is 5.69 Å². The topological polar surface area (TPSA) is 105 Å². The maximum Gasteiger partial charge on any atom is 0.244 e. The minimum absolute atomic E-state index is 0.0436. The van der Waals surface area contributed by atoms with Crippen molar-refractivity contribution < 1.29 is 27.5 Å². The number of fused-ring (bicyclic) bond motifs is 1. The summed E-state index contributed by atoms with van der Waals surface area (Å²) in [4.78, 5) is 28.4. The van der Waals surface area contributed by atoms with Crippen molar-refractivity contribution in [2.75, 3.05) is 23.9 Å². The fourth-order valence-electron chi connectivity index (χ4n) is 3.92. The highest BCUT2D eigenvalue weighted by molar-refractivity contribution is 7.92. The van der Waals surface area contributed by atoms with Gasteiger partial charge in [0.1, 0.15) is 12.6 Å². The maximum absolute atomic E-state index is 13.7. The molecule has 2 aromatic rings. The average Bonchev–Trinajstić information content (AvgIpc) is 3.24. The number of anilines is 1. The van der Waals surface area contributed by atoms with Gasteiger partial charge in [-0.25, -0.2) is 8.42 Å². The first-order chi connectivity index (χ1) is 16.8. The normalized spacial score (nSPS) is 13.7. The summed E-state index contributed by atoms with van der Waals surface area (Å²) in [6, 6.07) is 11.6. The Hall–Kier alpha value is -3.27. The predicted molar refractivity (Wildman–Crippen MR) is 138 cm³/mol. The zero-order chi connectivity index (χ0) is 26.7. The molecule has 0 fully saturated rings. The highest BCUT2D eigenvalue weighted by atomic mass is 32.2. The van der Waals surface area contributed by atoms with Crippen LogP contribution in [0.1, 0.15) is 45.2 Å². The number of rotatable bonds is 9. The molecule has 3 rings (SSSR count). The lowest BCUT2D eigenvalue weighted by Crippen LogP contribution is -2.55. The van der Waals surface area contributed by atoms with Crippen LogP contribution in [-0.2, 0) is 26.2 Å². The third-order valence-corrected chi connectivity index (χ3v) is 6.82. The summed E-state index contributed by atoms with van der Waals surface area (Å²) in [5.41, 5.74) is 1.69. The molecule has 1 aliphatic heterocycles. The fourth-order valence-corrected chi connectivity index (χ4v) is 4.76. The van der Waals surface area contributed by atoms with Gasteiger partial charge in [0.2, 0.25) is 28.6 Å². The molecule has 0 saturated carbocycles. The molecule has 9 nitrogen and oxygen atoms in total. The molecule has 1 heterocycles. The van der Waals surface area contributed by atoms with Crippen LogP contribution < -0.4 is 19.1 Å². The van der Waals surface area contributed by atoms with E-state index in [1.165, 1.54) is 11.0 Å². The van der Waals surface area contributed by atoms with Crippen LogP contribution in [-0.4, -0.2) is 56.3 Å². The molecule has 0 aromatic heterocycles. The minimum atomic E-state index is -3.84. The van der Waals surface area contributed by atoms with Crippen molar-refractivity contribution in [3.8, 4) is 11.5 Å². The Balaban J connectivity index is 1.95. The number of hydrogen-bond donors (Lipinski definition) is 1. The molecule has 10 heteroatoms. The van der Waals surface area contributed by atoms with E-state index >= 15 is 0 Å². The first-order valence-corrected chi connectivity index (χ1v) is 13.7. The largest absolute Gasteiger partial charge is 0.454 e. The number of carbonyl (C=O) groups is 2. The molecule has 36 heavy (non-hydrogen) atoms. The minimum Gasteiger partial charge on any atom is -0.454 e. The smallest absolute Gasteiger partial charge is 0.244 e. The maximum atomic E-state index is 13.7. The van der Waals surface area contributed by atoms with E-state index in [1.54, 1.807) is 12.1 Å². The summed E-state index contributed by atoms with van der Waals surface area (Å²) >= 11 is 0. The average molecular weight is 518 g/mol. The first kappa shape index (κ1) is 27.3. The van der Waals surface area contributed by atoms with Crippen molar-refractivity contribution in [2.24, 2.45) is 0 Å². The van der Waals surface area contributed by atoms with Crippen molar-refractivity contribution in [1.82, 2.24) is 10.2 Å². The van der Waals surface area contributed by atoms with Crippen LogP contribution in [0.5, 0.6) is 11.5 Å². The Bertz CT molecular complexity index is 1210. The number of nitrogens with zero attached hydrogens (tertiary/aromatic N) is 2. The van der Waals surface area contributed by atoms with Gasteiger partial charge in [0, 0.05) is 18.2 Å². The van der Waals surface area contributed by atoms with Gasteiger partial charge in [-0.05, 0) is 51.8 Å². The summed E-state index contributed by atoms with van der Waals surface area (Å²) < 4.78 is 37.2. The molecule has 2 amide bonds. The van der Waals surface area contributed by atoms with Gasteiger partial charge in [-0.1, -0.05) is 36.8 Å². The van der Waals surface area contributed by atoms with Gasteiger partial charge in [-0.15, -0.1) is 0 Å². The Morgan fingerprint density at radius 3 is 2.28 bits per heavy atom. The van der Waals surface area contributed by atoms with E-state index in [1.807, 2.05) is 58.9 Å². The molecule has 1 unspecified atom stereocenters. The SMILES string of the molecule is CCC(C(=O)NC(C)(C)C)N(Cc1ccc(C)cc1)C(=O)CN(c1ccc2c(c1)OCO2)S(C)(=O)=O. The van der Waals surface area contributed by atoms with Gasteiger partial charge >= 0.3 is 0 Å². The second-order valence-electron chi connectivity index (χ2n) is 9.98. The van der Waals surface area contributed by atoms with Gasteiger partial charge in [-0.3, -0.25) is 13.9 Å². The van der Waals surface area contributed by atoms with Crippen molar-refractivity contribution in [3.05, 3.63) is 53.6 Å². The van der Waals surface area contributed by atoms with Crippen molar-refractivity contribution >= 4 is 27.5 Å². The Morgan fingerprint density at radius 2 is 1.69 bits per heavy atom. The molecule has 0 bridgehead atoms. The number of benzene rings is 2. The van der Waals surface area contributed by atoms with Gasteiger partial charge in [-0.2, -0.15) is 0 Å². The lowest BCUT2D eigenvalue weighted by Gasteiger charge is -2.34. The van der Waals surface area contributed by atoms with Crippen LogP contribution in [0.15, 0.2) is 42.5 Å². The summed E-state index contributed by atoms with van der Waals surface area (Å²) in [6.45, 7) is 9.14. The number of amides is 2. The highest BCUT2D eigenvalue weighted by Gasteiger charge is 2.33. The quantitative estimate of drug-likeness (QED) is 0.548. The van der Waals surface area contributed by atoms with Crippen LogP contribution in [0.3, 0.4) is 0 Å². The van der Waals surface area contributed by atoms with Crippen LogP contribution in [0, 0.1) is 6.92 Å². The van der Waals surface area contributed by atoms with E-state index in [2.05, 4.69) is 5.32 Å². The highest BCUT2D eigenvalue weighted by Crippen LogP contribution is 2.36. The zero-order valence-corrected chi connectivity index (χ0v) is 22.5. The van der Waals surface area contributed by atoms with Gasteiger partial charge in [0.05, 0.1) is 11.9 Å². The van der Waals surface area contributed by atoms with E-state index in [-0.39, 0.29) is 24.9 Å². The van der Waals surface area contributed by atoms with Crippen LogP contribution >= 0.6 is 0 Å². The molecular weight excluding hydrogens is 482 g/mol. The molecule has 1 atom stereocenters. The standard InChI is InChI=1S/C26H35N3O6S/c1-7-21(25(31)27-26(3,4)5)28(15-19-10-8-18(2)9-11-19)24(30)16-29(36(6,32)33)20-12-13-22-23(14-20)35-17-34-22/h8-14,21H,7,15-17H2,1-6H3,(H,27,31). The summed E-state index contributed by atoms with van der Waals surface area (Å²) in [5.74, 6) is 0.125. The van der Waals surface area contributed by atoms with E-state index in [9.17, 15) is 18.0 Å². The van der Waals surface area contributed by atoms with E-state index in [4.69, 9.17) is 9.47 Å². The molecule has 1 N–H and O–H groups in total. The molecule has 196 valence electrons. The lowest BCUT2D eigenvalue weighted by atomic mass is 10.1. The summed E-state index contributed by atoms with van der Waals surface area (Å²) in [6.07, 6.45) is 1.40. The predicted octanol–water partition coefficient (Wildman–Crippen LogP) is 3.21. The second kappa shape index (κ2) is 10.8. The number of sulfonamides is 1. The molecular formula is C26H35N3O6S. The summed E-state index contributed by atoms with van der Waals surface area (Å²) in [5, 5.41) is 2.95. The third kappa shape index (κ3) is 6.90. The molecule has 2 aromatic carbocycles. The first-order valence-electron chi connectivity index (χ1n) is 11.8. The van der Waals surface area contributed by atoms with E-state index in [0.29, 0.717) is 17.9 Å². The molecule has 1 aliphatic rings. The number of nitrogens with one attached hydrogen (secondary N) is 1. The lowest BCUT2D eigenvalue weighted by molar-refractivity contribution is -0.141. The van der Waals surface area contributed by atoms with Crippen LogP contribution in [0.25, 0.3) is 0 Å². The van der Waals surface area contributed by atoms with Gasteiger partial charge in [0.15, 0.2) is 11.5 Å². The number of ether oxygens (including phenoxy) is 2. The molecule has 0 spiro atoms. The zero-order valence-electron chi connectivity index (χ0n) is 21.7. The number of hydrogen-bond acceptors (Lipinski definition) is 6. The van der Waals surface area contributed by atoms with Gasteiger partial charge < -0.3 is 19.7 Å². The Labute approximate surface area is 213 Å². The monoisotopic (exact) mass is 517 g/mol. The summed E-state index contributed by atoms with van der Waals surface area (Å²) in [7, 11) is -3.84. The Kier molecular flexibility index (Phi) is 8.18. The molecule has 0 saturated heterocycles.